The molecule has 0 heteroatoms. The highest BCUT2D eigenvalue weighted by molar-refractivity contribution is 4.91. The zero-order valence-electron chi connectivity index (χ0n) is 9.24. The lowest BCUT2D eigenvalue weighted by Gasteiger charge is -2.47. The molecule has 0 spiro atoms. The Balaban J connectivity index is 2.73. The Morgan fingerprint density at radius 2 is 1.50 bits per heavy atom. The number of hydrogen-bond donors (Lipinski definition) is 0. The van der Waals surface area contributed by atoms with Crippen molar-refractivity contribution in [2.24, 2.45) is 10.8 Å². The van der Waals surface area contributed by atoms with Crippen molar-refractivity contribution in [3.63, 3.8) is 0 Å². The van der Waals surface area contributed by atoms with E-state index in [1.54, 1.807) is 0 Å². The first-order chi connectivity index (χ1) is 5.52. The quantitative estimate of drug-likeness (QED) is 0.544. The van der Waals surface area contributed by atoms with Crippen molar-refractivity contribution in [3.05, 3.63) is 0 Å². The Labute approximate surface area is 77.7 Å². The molecule has 0 unspecified atom stereocenters. The van der Waals surface area contributed by atoms with Crippen molar-refractivity contribution in [2.45, 2.75) is 66.2 Å². The van der Waals surface area contributed by atoms with Crippen molar-refractivity contribution >= 4 is 0 Å². The molecule has 0 N–H and O–H groups in total. The minimum Gasteiger partial charge on any atom is -0.0648 e. The highest BCUT2D eigenvalue weighted by Crippen LogP contribution is 2.51. The number of hydrogen-bond acceptors (Lipinski definition) is 0. The summed E-state index contributed by atoms with van der Waals surface area (Å²) in [5.41, 5.74) is 1.17. The summed E-state index contributed by atoms with van der Waals surface area (Å²) in [5, 5.41) is 0. The Kier molecular flexibility index (Phi) is 2.85. The first-order valence-corrected chi connectivity index (χ1v) is 5.52. The third-order valence-electron chi connectivity index (χ3n) is 4.08. The second kappa shape index (κ2) is 3.40. The fourth-order valence-corrected chi connectivity index (χ4v) is 2.86. The van der Waals surface area contributed by atoms with Crippen LogP contribution < -0.4 is 0 Å². The molecular weight excluding hydrogens is 144 g/mol. The van der Waals surface area contributed by atoms with E-state index in [0.29, 0.717) is 10.8 Å². The van der Waals surface area contributed by atoms with Gasteiger partial charge in [-0.3, -0.25) is 0 Å². The lowest BCUT2D eigenvalue weighted by atomic mass is 9.58. The molecule has 1 aliphatic carbocycles. The molecule has 0 heterocycles. The minimum atomic E-state index is 0.516. The average molecular weight is 168 g/mol. The van der Waals surface area contributed by atoms with Crippen LogP contribution in [0, 0.1) is 10.8 Å². The lowest BCUT2D eigenvalue weighted by molar-refractivity contribution is 0.0349. The van der Waals surface area contributed by atoms with E-state index in [4.69, 9.17) is 0 Å². The summed E-state index contributed by atoms with van der Waals surface area (Å²) in [6, 6.07) is 0. The van der Waals surface area contributed by atoms with Crippen LogP contribution in [0.5, 0.6) is 0 Å². The second-order valence-corrected chi connectivity index (χ2v) is 5.44. The Bertz CT molecular complexity index is 133. The van der Waals surface area contributed by atoms with Crippen LogP contribution in [0.1, 0.15) is 66.2 Å². The summed E-state index contributed by atoms with van der Waals surface area (Å²) in [6.07, 6.45) is 8.70. The second-order valence-electron chi connectivity index (χ2n) is 5.44. The van der Waals surface area contributed by atoms with Gasteiger partial charge in [-0.15, -0.1) is 0 Å². The standard InChI is InChI=1S/C12H24/c1-5-12(11(2,3)4)9-7-6-8-10-12/h5-10H2,1-4H3. The highest BCUT2D eigenvalue weighted by Gasteiger charge is 2.40. The van der Waals surface area contributed by atoms with Crippen LogP contribution in [0.2, 0.25) is 0 Å². The van der Waals surface area contributed by atoms with Gasteiger partial charge < -0.3 is 0 Å². The van der Waals surface area contributed by atoms with E-state index in [-0.39, 0.29) is 0 Å². The fourth-order valence-electron chi connectivity index (χ4n) is 2.86. The van der Waals surface area contributed by atoms with Gasteiger partial charge in [-0.2, -0.15) is 0 Å². The zero-order valence-corrected chi connectivity index (χ0v) is 9.24. The molecule has 0 aromatic heterocycles. The third-order valence-corrected chi connectivity index (χ3v) is 4.08. The van der Waals surface area contributed by atoms with E-state index < -0.39 is 0 Å². The van der Waals surface area contributed by atoms with Gasteiger partial charge in [-0.25, -0.2) is 0 Å². The van der Waals surface area contributed by atoms with Crippen LogP contribution in [-0.2, 0) is 0 Å². The molecule has 72 valence electrons. The maximum Gasteiger partial charge on any atom is -0.0251 e. The molecule has 0 aliphatic heterocycles. The molecule has 0 nitrogen and oxygen atoms in total. The van der Waals surface area contributed by atoms with E-state index >= 15 is 0 Å². The maximum absolute atomic E-state index is 2.42. The van der Waals surface area contributed by atoms with E-state index in [1.807, 2.05) is 0 Å². The summed E-state index contributed by atoms with van der Waals surface area (Å²) >= 11 is 0. The summed E-state index contributed by atoms with van der Waals surface area (Å²) < 4.78 is 0. The van der Waals surface area contributed by atoms with E-state index in [9.17, 15) is 0 Å². The molecule has 0 aromatic rings. The first kappa shape index (κ1) is 10.1. The predicted octanol–water partition coefficient (Wildman–Crippen LogP) is 4.39. The van der Waals surface area contributed by atoms with Gasteiger partial charge >= 0.3 is 0 Å². The summed E-state index contributed by atoms with van der Waals surface area (Å²) in [5.74, 6) is 0. The monoisotopic (exact) mass is 168 g/mol. The molecule has 1 aliphatic rings. The molecule has 0 aromatic carbocycles. The van der Waals surface area contributed by atoms with Crippen LogP contribution in [0.15, 0.2) is 0 Å². The van der Waals surface area contributed by atoms with Crippen LogP contribution in [-0.4, -0.2) is 0 Å². The van der Waals surface area contributed by atoms with Crippen LogP contribution in [0.25, 0.3) is 0 Å². The van der Waals surface area contributed by atoms with Gasteiger partial charge in [0.25, 0.3) is 0 Å². The van der Waals surface area contributed by atoms with Gasteiger partial charge in [-0.05, 0) is 30.1 Å². The van der Waals surface area contributed by atoms with Crippen LogP contribution >= 0.6 is 0 Å². The molecule has 0 amide bonds. The van der Waals surface area contributed by atoms with Crippen LogP contribution in [0.4, 0.5) is 0 Å². The molecule has 0 saturated heterocycles. The van der Waals surface area contributed by atoms with E-state index in [1.165, 1.54) is 38.5 Å². The minimum absolute atomic E-state index is 0.516. The number of rotatable bonds is 1. The van der Waals surface area contributed by atoms with Gasteiger partial charge in [0, 0.05) is 0 Å². The van der Waals surface area contributed by atoms with Gasteiger partial charge in [0.15, 0.2) is 0 Å². The Morgan fingerprint density at radius 1 is 1.00 bits per heavy atom. The highest BCUT2D eigenvalue weighted by atomic mass is 14.4. The third kappa shape index (κ3) is 1.67. The smallest absolute Gasteiger partial charge is 0.0251 e. The van der Waals surface area contributed by atoms with Crippen LogP contribution in [0.3, 0.4) is 0 Å². The molecule has 0 bridgehead atoms. The van der Waals surface area contributed by atoms with Gasteiger partial charge in [0.1, 0.15) is 0 Å². The molecule has 1 rings (SSSR count). The van der Waals surface area contributed by atoms with Crippen molar-refractivity contribution in [1.82, 2.24) is 0 Å². The van der Waals surface area contributed by atoms with Crippen molar-refractivity contribution in [2.75, 3.05) is 0 Å². The Morgan fingerprint density at radius 3 is 1.75 bits per heavy atom. The SMILES string of the molecule is CCC1(C(C)(C)C)CCCCC1. The van der Waals surface area contributed by atoms with Crippen molar-refractivity contribution in [3.8, 4) is 0 Å². The van der Waals surface area contributed by atoms with Crippen molar-refractivity contribution in [1.29, 1.82) is 0 Å². The molecule has 0 atom stereocenters. The Hall–Kier alpha value is 0. The topological polar surface area (TPSA) is 0 Å². The van der Waals surface area contributed by atoms with E-state index in [2.05, 4.69) is 27.7 Å². The average Bonchev–Trinajstić information content (AvgIpc) is 2.04. The normalized spacial score (nSPS) is 24.0. The zero-order chi connectivity index (χ0) is 9.24. The molecular formula is C12H24. The van der Waals surface area contributed by atoms with Gasteiger partial charge in [0.2, 0.25) is 0 Å². The molecule has 12 heavy (non-hydrogen) atoms. The summed E-state index contributed by atoms with van der Waals surface area (Å²) in [4.78, 5) is 0. The van der Waals surface area contributed by atoms with Gasteiger partial charge in [-0.1, -0.05) is 47.0 Å². The van der Waals surface area contributed by atoms with E-state index in [0.717, 1.165) is 0 Å². The van der Waals surface area contributed by atoms with Crippen molar-refractivity contribution < 1.29 is 0 Å². The summed E-state index contributed by atoms with van der Waals surface area (Å²) in [6.45, 7) is 9.63. The predicted molar refractivity (Wildman–Crippen MR) is 55.3 cm³/mol. The largest absolute Gasteiger partial charge is 0.0648 e. The summed E-state index contributed by atoms with van der Waals surface area (Å²) in [7, 11) is 0. The lowest BCUT2D eigenvalue weighted by Crippen LogP contribution is -2.36. The fraction of sp³-hybridized carbons (Fsp3) is 1.00. The molecule has 0 radical (unpaired) electrons. The maximum atomic E-state index is 2.42. The van der Waals surface area contributed by atoms with Gasteiger partial charge in [0.05, 0.1) is 0 Å². The molecule has 1 saturated carbocycles. The first-order valence-electron chi connectivity index (χ1n) is 5.52. The molecule has 1 fully saturated rings.